The number of hydroxylamine groups is 2. The molecule has 21 heavy (non-hydrogen) atoms. The molecule has 1 aromatic rings. The average molecular weight is 289 g/mol. The van der Waals surface area contributed by atoms with Crippen LogP contribution in [-0.2, 0) is 14.4 Å². The number of ether oxygens (including phenoxy) is 1. The van der Waals surface area contributed by atoms with E-state index in [1.807, 2.05) is 6.92 Å². The predicted molar refractivity (Wildman–Crippen MR) is 71.2 cm³/mol. The van der Waals surface area contributed by atoms with E-state index >= 15 is 0 Å². The van der Waals surface area contributed by atoms with Crippen molar-refractivity contribution in [3.05, 3.63) is 35.4 Å². The molecule has 1 heterocycles. The van der Waals surface area contributed by atoms with Crippen LogP contribution in [0.4, 0.5) is 0 Å². The van der Waals surface area contributed by atoms with Crippen molar-refractivity contribution in [2.75, 3.05) is 6.61 Å². The Hall–Kier alpha value is -2.21. The minimum atomic E-state index is -0.593. The van der Waals surface area contributed by atoms with E-state index in [0.717, 1.165) is 0 Å². The third kappa shape index (κ3) is 2.31. The van der Waals surface area contributed by atoms with E-state index < -0.39 is 17.8 Å². The Kier molecular flexibility index (Phi) is 3.47. The maximum atomic E-state index is 12.0. The first-order valence-corrected chi connectivity index (χ1v) is 6.93. The van der Waals surface area contributed by atoms with Crippen molar-refractivity contribution in [3.63, 3.8) is 0 Å². The summed E-state index contributed by atoms with van der Waals surface area (Å²) in [6.45, 7) is 2.50. The quantitative estimate of drug-likeness (QED) is 0.786. The molecule has 0 N–H and O–H groups in total. The van der Waals surface area contributed by atoms with Crippen molar-refractivity contribution < 1.29 is 24.0 Å². The van der Waals surface area contributed by atoms with Gasteiger partial charge in [0.25, 0.3) is 11.8 Å². The van der Waals surface area contributed by atoms with Crippen molar-refractivity contribution in [1.29, 1.82) is 0 Å². The molecule has 1 saturated carbocycles. The molecule has 6 nitrogen and oxygen atoms in total. The number of amides is 2. The summed E-state index contributed by atoms with van der Waals surface area (Å²) >= 11 is 0. The van der Waals surface area contributed by atoms with Crippen LogP contribution in [0.5, 0.6) is 0 Å². The molecule has 1 aromatic carbocycles. The van der Waals surface area contributed by atoms with Crippen LogP contribution in [0.25, 0.3) is 0 Å². The number of imide groups is 1. The molecule has 1 aliphatic carbocycles. The van der Waals surface area contributed by atoms with Crippen molar-refractivity contribution >= 4 is 17.8 Å². The smallest absolute Gasteiger partial charge is 0.336 e. The van der Waals surface area contributed by atoms with Gasteiger partial charge in [0.2, 0.25) is 0 Å². The molecule has 6 heteroatoms. The highest BCUT2D eigenvalue weighted by atomic mass is 16.7. The van der Waals surface area contributed by atoms with Gasteiger partial charge in [-0.25, -0.2) is 4.79 Å². The van der Waals surface area contributed by atoms with Crippen LogP contribution < -0.4 is 0 Å². The molecule has 110 valence electrons. The lowest BCUT2D eigenvalue weighted by Crippen LogP contribution is -2.41. The summed E-state index contributed by atoms with van der Waals surface area (Å²) in [5.74, 6) is -2.06. The van der Waals surface area contributed by atoms with Crippen LogP contribution in [0.15, 0.2) is 24.3 Å². The Morgan fingerprint density at radius 3 is 2.29 bits per heavy atom. The molecule has 0 radical (unpaired) electrons. The summed E-state index contributed by atoms with van der Waals surface area (Å²) in [5, 5.41) is 0.557. The van der Waals surface area contributed by atoms with Gasteiger partial charge in [-0.1, -0.05) is 17.2 Å². The van der Waals surface area contributed by atoms with Gasteiger partial charge in [-0.05, 0) is 31.9 Å². The van der Waals surface area contributed by atoms with Crippen molar-refractivity contribution in [2.45, 2.75) is 25.9 Å². The minimum Gasteiger partial charge on any atom is -0.378 e. The number of hydrogen-bond acceptors (Lipinski definition) is 5. The summed E-state index contributed by atoms with van der Waals surface area (Å²) < 4.78 is 5.37. The number of benzene rings is 1. The van der Waals surface area contributed by atoms with E-state index in [0.29, 0.717) is 24.5 Å². The largest absolute Gasteiger partial charge is 0.378 e. The first-order chi connectivity index (χ1) is 10.1. The molecule has 2 aliphatic rings. The maximum Gasteiger partial charge on any atom is 0.336 e. The number of carbonyl (C=O) groups excluding carboxylic acids is 3. The lowest BCUT2D eigenvalue weighted by molar-refractivity contribution is -0.182. The summed E-state index contributed by atoms with van der Waals surface area (Å²) in [4.78, 5) is 41.0. The predicted octanol–water partition coefficient (Wildman–Crippen LogP) is 1.56. The molecule has 2 amide bonds. The Balaban J connectivity index is 1.64. The van der Waals surface area contributed by atoms with Gasteiger partial charge in [-0.2, -0.15) is 0 Å². The fourth-order valence-corrected chi connectivity index (χ4v) is 2.54. The summed E-state index contributed by atoms with van der Waals surface area (Å²) in [7, 11) is 0. The van der Waals surface area contributed by atoms with E-state index in [9.17, 15) is 14.4 Å². The lowest BCUT2D eigenvalue weighted by Gasteiger charge is -2.33. The standard InChI is InChI=1S/C15H15NO5/c1-2-20-10-7-9(8-10)15(19)21-16-13(17)11-5-3-4-6-12(11)14(16)18/h3-6,9-10H,2,7-8H2,1H3. The van der Waals surface area contributed by atoms with Gasteiger partial charge in [0.15, 0.2) is 0 Å². The number of nitrogens with zero attached hydrogens (tertiary/aromatic N) is 1. The molecule has 1 aliphatic heterocycles. The second-order valence-electron chi connectivity index (χ2n) is 5.11. The average Bonchev–Trinajstić information content (AvgIpc) is 2.68. The van der Waals surface area contributed by atoms with Gasteiger partial charge in [-0.15, -0.1) is 0 Å². The van der Waals surface area contributed by atoms with Gasteiger partial charge in [0.05, 0.1) is 23.1 Å². The zero-order valence-corrected chi connectivity index (χ0v) is 11.6. The molecular formula is C15H15NO5. The monoisotopic (exact) mass is 289 g/mol. The maximum absolute atomic E-state index is 12.0. The first kappa shape index (κ1) is 13.8. The van der Waals surface area contributed by atoms with Crippen molar-refractivity contribution in [3.8, 4) is 0 Å². The Morgan fingerprint density at radius 1 is 1.19 bits per heavy atom. The van der Waals surface area contributed by atoms with E-state index in [-0.39, 0.29) is 23.1 Å². The Morgan fingerprint density at radius 2 is 1.76 bits per heavy atom. The Labute approximate surface area is 121 Å². The summed E-state index contributed by atoms with van der Waals surface area (Å²) in [6, 6.07) is 6.40. The molecule has 0 bridgehead atoms. The fourth-order valence-electron chi connectivity index (χ4n) is 2.54. The van der Waals surface area contributed by atoms with E-state index in [4.69, 9.17) is 9.57 Å². The van der Waals surface area contributed by atoms with Crippen LogP contribution in [0.1, 0.15) is 40.5 Å². The lowest BCUT2D eigenvalue weighted by atomic mass is 9.82. The zero-order valence-electron chi connectivity index (χ0n) is 11.6. The number of rotatable bonds is 4. The summed E-state index contributed by atoms with van der Waals surface area (Å²) in [6.07, 6.45) is 1.20. The summed E-state index contributed by atoms with van der Waals surface area (Å²) in [5.41, 5.74) is 0.521. The van der Waals surface area contributed by atoms with Gasteiger partial charge in [0, 0.05) is 6.61 Å². The molecule has 0 aromatic heterocycles. The highest BCUT2D eigenvalue weighted by Crippen LogP contribution is 2.32. The topological polar surface area (TPSA) is 72.9 Å². The van der Waals surface area contributed by atoms with Crippen LogP contribution in [-0.4, -0.2) is 35.6 Å². The van der Waals surface area contributed by atoms with E-state index in [1.54, 1.807) is 12.1 Å². The highest BCUT2D eigenvalue weighted by Gasteiger charge is 2.42. The normalized spacial score (nSPS) is 23.8. The number of carbonyl (C=O) groups is 3. The van der Waals surface area contributed by atoms with Crippen LogP contribution in [0.3, 0.4) is 0 Å². The van der Waals surface area contributed by atoms with Crippen molar-refractivity contribution in [1.82, 2.24) is 5.06 Å². The fraction of sp³-hybridized carbons (Fsp3) is 0.400. The molecule has 3 rings (SSSR count). The minimum absolute atomic E-state index is 0.0646. The van der Waals surface area contributed by atoms with Gasteiger partial charge in [-0.3, -0.25) is 9.59 Å². The van der Waals surface area contributed by atoms with Crippen LogP contribution in [0.2, 0.25) is 0 Å². The Bertz CT molecular complexity index is 571. The van der Waals surface area contributed by atoms with Crippen molar-refractivity contribution in [2.24, 2.45) is 5.92 Å². The molecule has 0 saturated heterocycles. The molecule has 0 spiro atoms. The molecule has 0 atom stereocenters. The third-order valence-electron chi connectivity index (χ3n) is 3.77. The molecule has 1 fully saturated rings. The molecule has 0 unspecified atom stereocenters. The van der Waals surface area contributed by atoms with E-state index in [2.05, 4.69) is 0 Å². The highest BCUT2D eigenvalue weighted by molar-refractivity contribution is 6.20. The van der Waals surface area contributed by atoms with Gasteiger partial charge >= 0.3 is 5.97 Å². The van der Waals surface area contributed by atoms with Crippen LogP contribution >= 0.6 is 0 Å². The second kappa shape index (κ2) is 5.29. The molecular weight excluding hydrogens is 274 g/mol. The number of fused-ring (bicyclic) bond motifs is 1. The van der Waals surface area contributed by atoms with Gasteiger partial charge in [0.1, 0.15) is 0 Å². The zero-order chi connectivity index (χ0) is 15.0. The first-order valence-electron chi connectivity index (χ1n) is 6.93. The third-order valence-corrected chi connectivity index (χ3v) is 3.77. The van der Waals surface area contributed by atoms with Crippen LogP contribution in [0, 0.1) is 5.92 Å². The SMILES string of the molecule is CCOC1CC(C(=O)ON2C(=O)c3ccccc3C2=O)C1. The second-order valence-corrected chi connectivity index (χ2v) is 5.11. The van der Waals surface area contributed by atoms with Gasteiger partial charge < -0.3 is 9.57 Å². The van der Waals surface area contributed by atoms with E-state index in [1.165, 1.54) is 12.1 Å². The number of hydrogen-bond donors (Lipinski definition) is 0.